The second-order valence-electron chi connectivity index (χ2n) is 3.72. The molecule has 79 valence electrons. The normalized spacial score (nSPS) is 13.4. The largest absolute Gasteiger partial charge is 0.340 e. The number of hydrogen-bond donors (Lipinski definition) is 1. The van der Waals surface area contributed by atoms with Crippen LogP contribution in [0.15, 0.2) is 17.6 Å². The van der Waals surface area contributed by atoms with Crippen LogP contribution in [-0.2, 0) is 0 Å². The zero-order chi connectivity index (χ0) is 10.4. The van der Waals surface area contributed by atoms with Crippen molar-refractivity contribution in [1.29, 1.82) is 0 Å². The molecule has 1 rings (SSSR count). The third-order valence-corrected chi connectivity index (χ3v) is 3.63. The predicted molar refractivity (Wildman–Crippen MR) is 62.3 cm³/mol. The summed E-state index contributed by atoms with van der Waals surface area (Å²) in [6, 6.07) is 0. The van der Waals surface area contributed by atoms with E-state index in [0.717, 1.165) is 5.16 Å². The minimum absolute atomic E-state index is 0.612. The molecule has 0 saturated heterocycles. The summed E-state index contributed by atoms with van der Waals surface area (Å²) in [6.45, 7) is 6.64. The van der Waals surface area contributed by atoms with Gasteiger partial charge in [-0.25, -0.2) is 4.98 Å². The van der Waals surface area contributed by atoms with Gasteiger partial charge in [-0.15, -0.1) is 0 Å². The number of thioether (sulfide) groups is 1. The molecule has 0 amide bonds. The summed E-state index contributed by atoms with van der Waals surface area (Å²) in [7, 11) is 0. The monoisotopic (exact) mass is 211 g/mol. The first-order chi connectivity index (χ1) is 6.74. The molecule has 0 aliphatic carbocycles. The molecule has 1 aromatic heterocycles. The van der Waals surface area contributed by atoms with Crippen LogP contribution in [0.3, 0.4) is 0 Å². The molecule has 0 saturated carbocycles. The number of imidazole rings is 1. The molecule has 2 nitrogen and oxygen atoms in total. The Morgan fingerprint density at radius 1 is 1.57 bits per heavy atom. The molecule has 3 heteroatoms. The van der Waals surface area contributed by atoms with Gasteiger partial charge in [0, 0.05) is 17.6 Å². The lowest BCUT2D eigenvalue weighted by Crippen LogP contribution is -2.09. The van der Waals surface area contributed by atoms with Crippen molar-refractivity contribution in [3.8, 4) is 0 Å². The van der Waals surface area contributed by atoms with Crippen molar-refractivity contribution in [3.63, 3.8) is 0 Å². The lowest BCUT2D eigenvalue weighted by Gasteiger charge is -2.17. The molecule has 0 aromatic carbocycles. The fourth-order valence-corrected chi connectivity index (χ4v) is 2.35. The van der Waals surface area contributed by atoms with Crippen molar-refractivity contribution in [2.45, 2.75) is 50.4 Å². The van der Waals surface area contributed by atoms with Gasteiger partial charge in [0.15, 0.2) is 5.16 Å². The van der Waals surface area contributed by atoms with Crippen LogP contribution in [-0.4, -0.2) is 15.2 Å². The Hall–Kier alpha value is -0.440. The summed E-state index contributed by atoms with van der Waals surface area (Å²) in [5, 5.41) is 1.65. The Bertz CT molecular complexity index is 231. The molecular formula is C11H19N2S. The highest BCUT2D eigenvalue weighted by atomic mass is 32.2. The number of nitrogens with zero attached hydrogens (tertiary/aromatic N) is 1. The number of H-pyrrole nitrogens is 1. The number of unbranched alkanes of at least 4 members (excludes halogenated alkanes) is 1. The van der Waals surface area contributed by atoms with Gasteiger partial charge < -0.3 is 4.98 Å². The Kier molecular flexibility index (Phi) is 5.09. The second-order valence-corrected chi connectivity index (χ2v) is 4.91. The molecule has 0 bridgehead atoms. The van der Waals surface area contributed by atoms with E-state index in [1.807, 2.05) is 24.2 Å². The van der Waals surface area contributed by atoms with Crippen molar-refractivity contribution in [1.82, 2.24) is 9.97 Å². The van der Waals surface area contributed by atoms with Crippen LogP contribution in [0, 0.1) is 5.92 Å². The first-order valence-corrected chi connectivity index (χ1v) is 6.08. The van der Waals surface area contributed by atoms with Crippen molar-refractivity contribution in [2.75, 3.05) is 0 Å². The zero-order valence-corrected chi connectivity index (χ0v) is 10.0. The van der Waals surface area contributed by atoms with Gasteiger partial charge in [-0.1, -0.05) is 45.4 Å². The summed E-state index contributed by atoms with van der Waals surface area (Å²) in [4.78, 5) is 7.38. The van der Waals surface area contributed by atoms with Crippen molar-refractivity contribution < 1.29 is 0 Å². The number of aromatic amines is 1. The highest BCUT2D eigenvalue weighted by molar-refractivity contribution is 7.99. The summed E-state index contributed by atoms with van der Waals surface area (Å²) >= 11 is 1.84. The van der Waals surface area contributed by atoms with E-state index in [0.29, 0.717) is 5.25 Å². The summed E-state index contributed by atoms with van der Waals surface area (Å²) in [6.07, 6.45) is 7.50. The summed E-state index contributed by atoms with van der Waals surface area (Å²) < 4.78 is 0. The molecule has 1 unspecified atom stereocenters. The smallest absolute Gasteiger partial charge is 0.165 e. The van der Waals surface area contributed by atoms with Crippen LogP contribution in [0.2, 0.25) is 0 Å². The van der Waals surface area contributed by atoms with Crippen molar-refractivity contribution >= 4 is 11.8 Å². The fraction of sp³-hybridized carbons (Fsp3) is 0.636. The van der Waals surface area contributed by atoms with E-state index in [1.165, 1.54) is 25.2 Å². The van der Waals surface area contributed by atoms with Gasteiger partial charge in [0.2, 0.25) is 0 Å². The molecule has 1 atom stereocenters. The molecule has 1 N–H and O–H groups in total. The van der Waals surface area contributed by atoms with E-state index in [9.17, 15) is 0 Å². The van der Waals surface area contributed by atoms with E-state index < -0.39 is 0 Å². The van der Waals surface area contributed by atoms with Gasteiger partial charge >= 0.3 is 0 Å². The highest BCUT2D eigenvalue weighted by Gasteiger charge is 2.15. The second kappa shape index (κ2) is 6.12. The van der Waals surface area contributed by atoms with E-state index in [1.54, 1.807) is 0 Å². The molecule has 1 radical (unpaired) electrons. The van der Waals surface area contributed by atoms with Crippen molar-refractivity contribution in [2.24, 2.45) is 0 Å². The minimum atomic E-state index is 0.612. The highest BCUT2D eigenvalue weighted by Crippen LogP contribution is 2.30. The number of aromatic nitrogens is 2. The third-order valence-electron chi connectivity index (χ3n) is 2.19. The van der Waals surface area contributed by atoms with Gasteiger partial charge in [0.25, 0.3) is 0 Å². The Labute approximate surface area is 90.9 Å². The van der Waals surface area contributed by atoms with E-state index in [-0.39, 0.29) is 0 Å². The fourth-order valence-electron chi connectivity index (χ4n) is 1.30. The van der Waals surface area contributed by atoms with Gasteiger partial charge in [-0.05, 0) is 12.3 Å². The Morgan fingerprint density at radius 3 is 2.86 bits per heavy atom. The molecule has 1 aromatic rings. The van der Waals surface area contributed by atoms with Crippen LogP contribution < -0.4 is 0 Å². The third kappa shape index (κ3) is 3.74. The molecule has 1 heterocycles. The van der Waals surface area contributed by atoms with Crippen LogP contribution >= 0.6 is 11.8 Å². The van der Waals surface area contributed by atoms with Crippen LogP contribution in [0.1, 0.15) is 40.0 Å². The average Bonchev–Trinajstić information content (AvgIpc) is 2.64. The van der Waals surface area contributed by atoms with Crippen LogP contribution in [0.25, 0.3) is 0 Å². The van der Waals surface area contributed by atoms with E-state index in [4.69, 9.17) is 0 Å². The standard InChI is InChI=1S/C11H19N2S/c1-4-5-6-10(9(2)3)14-11-12-7-8-13-11/h7-8,10H,4-6H2,1-3H3,(H,12,13). The molecule has 0 aliphatic rings. The van der Waals surface area contributed by atoms with Crippen molar-refractivity contribution in [3.05, 3.63) is 18.3 Å². The molecule has 0 fully saturated rings. The maximum absolute atomic E-state index is 4.24. The van der Waals surface area contributed by atoms with Gasteiger partial charge in [0.05, 0.1) is 0 Å². The maximum Gasteiger partial charge on any atom is 0.165 e. The summed E-state index contributed by atoms with van der Waals surface area (Å²) in [5.41, 5.74) is 0. The average molecular weight is 211 g/mol. The zero-order valence-electron chi connectivity index (χ0n) is 9.21. The van der Waals surface area contributed by atoms with Crippen LogP contribution in [0.5, 0.6) is 0 Å². The number of rotatable bonds is 6. The minimum Gasteiger partial charge on any atom is -0.340 e. The van der Waals surface area contributed by atoms with Gasteiger partial charge in [-0.2, -0.15) is 0 Å². The van der Waals surface area contributed by atoms with E-state index >= 15 is 0 Å². The maximum atomic E-state index is 4.24. The van der Waals surface area contributed by atoms with Crippen LogP contribution in [0.4, 0.5) is 0 Å². The summed E-state index contributed by atoms with van der Waals surface area (Å²) in [5.74, 6) is 1.49. The van der Waals surface area contributed by atoms with Gasteiger partial charge in [-0.3, -0.25) is 0 Å². The Morgan fingerprint density at radius 2 is 2.36 bits per heavy atom. The number of hydrogen-bond acceptors (Lipinski definition) is 2. The lowest BCUT2D eigenvalue weighted by atomic mass is 10.1. The van der Waals surface area contributed by atoms with E-state index in [2.05, 4.69) is 30.7 Å². The Balaban J connectivity index is 2.43. The molecule has 0 spiro atoms. The molecular weight excluding hydrogens is 192 g/mol. The molecule has 14 heavy (non-hydrogen) atoms. The van der Waals surface area contributed by atoms with Gasteiger partial charge in [0.1, 0.15) is 0 Å². The quantitative estimate of drug-likeness (QED) is 0.727. The predicted octanol–water partition coefficient (Wildman–Crippen LogP) is 3.67. The first kappa shape index (κ1) is 11.6. The SMILES string of the molecule is CCCCC(Sc1ncc[nH]1)[C](C)C. The topological polar surface area (TPSA) is 28.7 Å². The number of nitrogens with one attached hydrogen (secondary N) is 1. The first-order valence-electron chi connectivity index (χ1n) is 5.20. The molecule has 0 aliphatic heterocycles. The lowest BCUT2D eigenvalue weighted by molar-refractivity contribution is 0.688.